The SMILES string of the molecule is COc1cc(/C=N/NC(=Nc2ccccc2)c2ccc3ccccc3n2)ccc1OCC(C)C. The maximum atomic E-state index is 5.83. The van der Waals surface area contributed by atoms with Gasteiger partial charge in [-0.3, -0.25) is 5.43 Å². The summed E-state index contributed by atoms with van der Waals surface area (Å²) in [5.41, 5.74) is 6.35. The van der Waals surface area contributed by atoms with Crippen LogP contribution in [0.2, 0.25) is 0 Å². The van der Waals surface area contributed by atoms with E-state index in [0.717, 1.165) is 22.2 Å². The van der Waals surface area contributed by atoms with Gasteiger partial charge in [-0.1, -0.05) is 56.3 Å². The summed E-state index contributed by atoms with van der Waals surface area (Å²) in [5, 5.41) is 5.50. The van der Waals surface area contributed by atoms with Crippen molar-refractivity contribution < 1.29 is 9.47 Å². The largest absolute Gasteiger partial charge is 0.493 e. The van der Waals surface area contributed by atoms with Crippen molar-refractivity contribution >= 4 is 28.6 Å². The number of rotatable bonds is 8. The zero-order valence-corrected chi connectivity index (χ0v) is 19.6. The Hall–Kier alpha value is -4.19. The molecule has 0 amide bonds. The Labute approximate surface area is 200 Å². The summed E-state index contributed by atoms with van der Waals surface area (Å²) in [6.07, 6.45) is 1.72. The van der Waals surface area contributed by atoms with Crippen LogP contribution in [-0.2, 0) is 0 Å². The Bertz CT molecular complexity index is 1300. The molecule has 0 unspecified atom stereocenters. The van der Waals surface area contributed by atoms with Crippen LogP contribution in [0.5, 0.6) is 11.5 Å². The lowest BCUT2D eigenvalue weighted by Gasteiger charge is -2.12. The molecular weight excluding hydrogens is 424 g/mol. The molecule has 0 aliphatic heterocycles. The Morgan fingerprint density at radius 2 is 1.74 bits per heavy atom. The average molecular weight is 453 g/mol. The van der Waals surface area contributed by atoms with Gasteiger partial charge < -0.3 is 9.47 Å². The molecular formula is C28H28N4O2. The lowest BCUT2D eigenvalue weighted by Crippen LogP contribution is -2.20. The minimum Gasteiger partial charge on any atom is -0.493 e. The smallest absolute Gasteiger partial charge is 0.173 e. The van der Waals surface area contributed by atoms with Crippen molar-refractivity contribution in [2.24, 2.45) is 16.0 Å². The number of nitrogens with zero attached hydrogens (tertiary/aromatic N) is 3. The van der Waals surface area contributed by atoms with Gasteiger partial charge in [-0.25, -0.2) is 9.98 Å². The zero-order chi connectivity index (χ0) is 23.8. The van der Waals surface area contributed by atoms with E-state index in [4.69, 9.17) is 19.5 Å². The zero-order valence-electron chi connectivity index (χ0n) is 19.6. The summed E-state index contributed by atoms with van der Waals surface area (Å²) in [6, 6.07) is 27.4. The lowest BCUT2D eigenvalue weighted by atomic mass is 10.2. The molecule has 3 aromatic carbocycles. The molecule has 1 heterocycles. The summed E-state index contributed by atoms with van der Waals surface area (Å²) in [7, 11) is 1.63. The highest BCUT2D eigenvalue weighted by Gasteiger charge is 2.08. The molecule has 0 saturated heterocycles. The van der Waals surface area contributed by atoms with Gasteiger partial charge in [0.05, 0.1) is 31.1 Å². The average Bonchev–Trinajstić information content (AvgIpc) is 2.87. The second-order valence-corrected chi connectivity index (χ2v) is 8.17. The van der Waals surface area contributed by atoms with Crippen LogP contribution in [0.25, 0.3) is 10.9 Å². The molecule has 0 atom stereocenters. The van der Waals surface area contributed by atoms with E-state index in [9.17, 15) is 0 Å². The van der Waals surface area contributed by atoms with E-state index in [0.29, 0.717) is 35.6 Å². The monoisotopic (exact) mass is 452 g/mol. The van der Waals surface area contributed by atoms with Gasteiger partial charge in [0, 0.05) is 5.39 Å². The van der Waals surface area contributed by atoms with Crippen molar-refractivity contribution in [2.75, 3.05) is 13.7 Å². The number of hydrazone groups is 1. The number of methoxy groups -OCH3 is 1. The molecule has 4 rings (SSSR count). The molecule has 6 heteroatoms. The first-order chi connectivity index (χ1) is 16.6. The van der Waals surface area contributed by atoms with Crippen LogP contribution in [0.15, 0.2) is 95.0 Å². The summed E-state index contributed by atoms with van der Waals surface area (Å²) < 4.78 is 11.3. The van der Waals surface area contributed by atoms with E-state index >= 15 is 0 Å². The molecule has 0 saturated carbocycles. The maximum absolute atomic E-state index is 5.83. The lowest BCUT2D eigenvalue weighted by molar-refractivity contribution is 0.257. The van der Waals surface area contributed by atoms with Crippen LogP contribution in [0, 0.1) is 5.92 Å². The van der Waals surface area contributed by atoms with E-state index in [1.807, 2.05) is 84.9 Å². The van der Waals surface area contributed by atoms with Crippen LogP contribution in [0.1, 0.15) is 25.1 Å². The van der Waals surface area contributed by atoms with Crippen molar-refractivity contribution in [1.29, 1.82) is 0 Å². The van der Waals surface area contributed by atoms with Crippen molar-refractivity contribution in [3.05, 3.63) is 96.2 Å². The highest BCUT2D eigenvalue weighted by Crippen LogP contribution is 2.28. The molecule has 0 spiro atoms. The number of benzene rings is 3. The molecule has 0 bridgehead atoms. The van der Waals surface area contributed by atoms with Crippen LogP contribution < -0.4 is 14.9 Å². The van der Waals surface area contributed by atoms with Gasteiger partial charge in [0.15, 0.2) is 17.3 Å². The van der Waals surface area contributed by atoms with E-state index in [-0.39, 0.29) is 0 Å². The van der Waals surface area contributed by atoms with Gasteiger partial charge in [-0.05, 0) is 53.9 Å². The van der Waals surface area contributed by atoms with Crippen molar-refractivity contribution in [3.8, 4) is 11.5 Å². The predicted octanol–water partition coefficient (Wildman–Crippen LogP) is 5.98. The Morgan fingerprint density at radius 3 is 2.53 bits per heavy atom. The molecule has 172 valence electrons. The second-order valence-electron chi connectivity index (χ2n) is 8.17. The Balaban J connectivity index is 1.59. The Morgan fingerprint density at radius 1 is 0.941 bits per heavy atom. The number of nitrogens with one attached hydrogen (secondary N) is 1. The molecule has 0 aliphatic carbocycles. The van der Waals surface area contributed by atoms with Crippen LogP contribution in [0.3, 0.4) is 0 Å². The normalized spacial score (nSPS) is 11.8. The van der Waals surface area contributed by atoms with Gasteiger partial charge >= 0.3 is 0 Å². The van der Waals surface area contributed by atoms with Gasteiger partial charge in [-0.2, -0.15) is 5.10 Å². The van der Waals surface area contributed by atoms with Gasteiger partial charge in [0.2, 0.25) is 0 Å². The fraction of sp³-hybridized carbons (Fsp3) is 0.179. The van der Waals surface area contributed by atoms with E-state index < -0.39 is 0 Å². The van der Waals surface area contributed by atoms with E-state index in [2.05, 4.69) is 24.4 Å². The van der Waals surface area contributed by atoms with Crippen molar-refractivity contribution in [3.63, 3.8) is 0 Å². The highest BCUT2D eigenvalue weighted by atomic mass is 16.5. The van der Waals surface area contributed by atoms with Crippen molar-refractivity contribution in [2.45, 2.75) is 13.8 Å². The van der Waals surface area contributed by atoms with Crippen LogP contribution in [-0.4, -0.2) is 30.8 Å². The number of aromatic nitrogens is 1. The summed E-state index contributed by atoms with van der Waals surface area (Å²) in [6.45, 7) is 4.85. The molecule has 0 radical (unpaired) electrons. The highest BCUT2D eigenvalue weighted by molar-refractivity contribution is 6.00. The number of para-hydroxylation sites is 2. The van der Waals surface area contributed by atoms with Crippen molar-refractivity contribution in [1.82, 2.24) is 10.4 Å². The van der Waals surface area contributed by atoms with Crippen LogP contribution in [0.4, 0.5) is 5.69 Å². The maximum Gasteiger partial charge on any atom is 0.173 e. The third kappa shape index (κ3) is 5.98. The predicted molar refractivity (Wildman–Crippen MR) is 138 cm³/mol. The molecule has 34 heavy (non-hydrogen) atoms. The topological polar surface area (TPSA) is 68.1 Å². The number of fused-ring (bicyclic) bond motifs is 1. The first kappa shape index (κ1) is 23.0. The molecule has 0 fully saturated rings. The summed E-state index contributed by atoms with van der Waals surface area (Å²) >= 11 is 0. The number of hydrogen-bond acceptors (Lipinski definition) is 5. The fourth-order valence-electron chi connectivity index (χ4n) is 3.28. The first-order valence-electron chi connectivity index (χ1n) is 11.2. The number of amidine groups is 1. The minimum atomic E-state index is 0.432. The Kier molecular flexibility index (Phi) is 7.50. The number of aliphatic imine (C=N–C) groups is 1. The number of ether oxygens (including phenoxy) is 2. The molecule has 4 aromatic rings. The second kappa shape index (κ2) is 11.1. The fourth-order valence-corrected chi connectivity index (χ4v) is 3.28. The third-order valence-corrected chi connectivity index (χ3v) is 4.98. The standard InChI is InChI=1S/C28H28N4O2/c1-20(2)19-34-26-16-13-21(17-27(26)33-3)18-29-32-28(30-23-10-5-4-6-11-23)25-15-14-22-9-7-8-12-24(22)31-25/h4-18,20H,19H2,1-3H3,(H,30,32)/b29-18+. The molecule has 0 aliphatic rings. The van der Waals surface area contributed by atoms with E-state index in [1.54, 1.807) is 13.3 Å². The van der Waals surface area contributed by atoms with Gasteiger partial charge in [0.1, 0.15) is 5.69 Å². The minimum absolute atomic E-state index is 0.432. The van der Waals surface area contributed by atoms with Crippen LogP contribution >= 0.6 is 0 Å². The first-order valence-corrected chi connectivity index (χ1v) is 11.2. The summed E-state index contributed by atoms with van der Waals surface area (Å²) in [5.74, 6) is 2.37. The third-order valence-electron chi connectivity index (χ3n) is 4.98. The number of hydrogen-bond donors (Lipinski definition) is 1. The quantitative estimate of drug-likeness (QED) is 0.203. The molecule has 1 aromatic heterocycles. The molecule has 6 nitrogen and oxygen atoms in total. The summed E-state index contributed by atoms with van der Waals surface area (Å²) in [4.78, 5) is 9.51. The van der Waals surface area contributed by atoms with Gasteiger partial charge in [0.25, 0.3) is 0 Å². The number of pyridine rings is 1. The molecule has 1 N–H and O–H groups in total. The van der Waals surface area contributed by atoms with Gasteiger partial charge in [-0.15, -0.1) is 0 Å². The van der Waals surface area contributed by atoms with E-state index in [1.165, 1.54) is 0 Å².